The quantitative estimate of drug-likeness (QED) is 0.835. The van der Waals surface area contributed by atoms with Crippen molar-refractivity contribution in [2.45, 2.75) is 20.1 Å². The third-order valence-corrected chi connectivity index (χ3v) is 5.52. The average molecular weight is 344 g/mol. The zero-order valence-electron chi connectivity index (χ0n) is 14.3. The van der Waals surface area contributed by atoms with E-state index in [-0.39, 0.29) is 5.91 Å². The predicted molar refractivity (Wildman–Crippen MR) is 97.4 cm³/mol. The minimum absolute atomic E-state index is 0.151. The van der Waals surface area contributed by atoms with Crippen molar-refractivity contribution < 1.29 is 9.53 Å². The van der Waals surface area contributed by atoms with E-state index in [0.29, 0.717) is 6.61 Å². The summed E-state index contributed by atoms with van der Waals surface area (Å²) in [6.07, 6.45) is 0. The number of rotatable bonds is 5. The van der Waals surface area contributed by atoms with Gasteiger partial charge >= 0.3 is 0 Å². The van der Waals surface area contributed by atoms with E-state index in [1.165, 1.54) is 22.5 Å². The molecule has 0 N–H and O–H groups in total. The summed E-state index contributed by atoms with van der Waals surface area (Å²) >= 11 is 1.53. The molecular weight excluding hydrogens is 320 g/mol. The van der Waals surface area contributed by atoms with E-state index in [9.17, 15) is 4.79 Å². The van der Waals surface area contributed by atoms with Crippen LogP contribution in [0.5, 0.6) is 0 Å². The second-order valence-corrected chi connectivity index (χ2v) is 7.36. The van der Waals surface area contributed by atoms with Gasteiger partial charge in [-0.05, 0) is 30.2 Å². The normalized spacial score (nSPS) is 15.7. The molecule has 1 amide bonds. The van der Waals surface area contributed by atoms with Gasteiger partial charge in [0.15, 0.2) is 0 Å². The van der Waals surface area contributed by atoms with Crippen molar-refractivity contribution in [2.75, 3.05) is 33.3 Å². The van der Waals surface area contributed by atoms with Crippen LogP contribution in [-0.4, -0.2) is 49.0 Å². The number of aryl methyl sites for hydroxylation is 1. The van der Waals surface area contributed by atoms with Gasteiger partial charge in [0.25, 0.3) is 5.91 Å². The van der Waals surface area contributed by atoms with Gasteiger partial charge in [-0.2, -0.15) is 0 Å². The Balaban J connectivity index is 1.54. The van der Waals surface area contributed by atoms with Gasteiger partial charge < -0.3 is 9.64 Å². The molecule has 2 aromatic rings. The molecule has 3 rings (SSSR count). The Hall–Kier alpha value is -1.69. The first-order chi connectivity index (χ1) is 11.7. The van der Waals surface area contributed by atoms with Crippen LogP contribution in [0.15, 0.2) is 36.4 Å². The maximum absolute atomic E-state index is 12.6. The summed E-state index contributed by atoms with van der Waals surface area (Å²) in [5, 5.41) is 0. The molecule has 1 aromatic heterocycles. The van der Waals surface area contributed by atoms with Gasteiger partial charge in [-0.1, -0.05) is 24.3 Å². The van der Waals surface area contributed by atoms with Crippen molar-refractivity contribution in [1.29, 1.82) is 0 Å². The Labute approximate surface area is 147 Å². The van der Waals surface area contributed by atoms with Crippen LogP contribution in [-0.2, 0) is 17.9 Å². The van der Waals surface area contributed by atoms with Gasteiger partial charge in [0, 0.05) is 44.7 Å². The number of carbonyl (C=O) groups is 1. The molecule has 0 bridgehead atoms. The van der Waals surface area contributed by atoms with Crippen molar-refractivity contribution in [3.63, 3.8) is 0 Å². The van der Waals surface area contributed by atoms with Crippen molar-refractivity contribution in [3.8, 4) is 0 Å². The summed E-state index contributed by atoms with van der Waals surface area (Å²) in [5.74, 6) is 0.151. The summed E-state index contributed by atoms with van der Waals surface area (Å²) in [5.41, 5.74) is 2.71. The van der Waals surface area contributed by atoms with Gasteiger partial charge in [-0.25, -0.2) is 0 Å². The fourth-order valence-corrected chi connectivity index (χ4v) is 3.95. The van der Waals surface area contributed by atoms with Crippen LogP contribution in [0.3, 0.4) is 0 Å². The van der Waals surface area contributed by atoms with E-state index in [1.54, 1.807) is 7.11 Å². The lowest BCUT2D eigenvalue weighted by molar-refractivity contribution is 0.0633. The zero-order valence-corrected chi connectivity index (χ0v) is 15.1. The predicted octanol–water partition coefficient (Wildman–Crippen LogP) is 3.16. The fraction of sp³-hybridized carbons (Fsp3) is 0.421. The molecule has 0 atom stereocenters. The molecule has 5 heteroatoms. The Kier molecular flexibility index (Phi) is 5.66. The Morgan fingerprint density at radius 3 is 2.58 bits per heavy atom. The SMILES string of the molecule is COCc1ccc(C(=O)N2CCN(Cc3ccccc3C)CC2)s1. The van der Waals surface area contributed by atoms with Crippen molar-refractivity contribution >= 4 is 17.2 Å². The number of hydrogen-bond acceptors (Lipinski definition) is 4. The Morgan fingerprint density at radius 1 is 1.12 bits per heavy atom. The van der Waals surface area contributed by atoms with E-state index in [1.807, 2.05) is 17.0 Å². The molecule has 0 radical (unpaired) electrons. The minimum Gasteiger partial charge on any atom is -0.379 e. The number of amides is 1. The zero-order chi connectivity index (χ0) is 16.9. The van der Waals surface area contributed by atoms with Crippen LogP contribution >= 0.6 is 11.3 Å². The van der Waals surface area contributed by atoms with E-state index in [0.717, 1.165) is 42.5 Å². The molecular formula is C19H24N2O2S. The van der Waals surface area contributed by atoms with Crippen molar-refractivity contribution in [3.05, 3.63) is 57.3 Å². The van der Waals surface area contributed by atoms with Gasteiger partial charge in [-0.15, -0.1) is 11.3 Å². The summed E-state index contributed by atoms with van der Waals surface area (Å²) in [6.45, 7) is 7.13. The molecule has 0 saturated carbocycles. The molecule has 2 heterocycles. The third kappa shape index (κ3) is 4.04. The standard InChI is InChI=1S/C19H24N2O2S/c1-15-5-3-4-6-16(15)13-20-9-11-21(12-10-20)19(22)18-8-7-17(24-18)14-23-2/h3-8H,9-14H2,1-2H3. The number of nitrogens with zero attached hydrogens (tertiary/aromatic N) is 2. The number of ether oxygens (including phenoxy) is 1. The van der Waals surface area contributed by atoms with Crippen molar-refractivity contribution in [1.82, 2.24) is 9.80 Å². The fourth-order valence-electron chi connectivity index (χ4n) is 3.01. The highest BCUT2D eigenvalue weighted by molar-refractivity contribution is 7.14. The maximum Gasteiger partial charge on any atom is 0.264 e. The summed E-state index contributed by atoms with van der Waals surface area (Å²) in [7, 11) is 1.68. The monoisotopic (exact) mass is 344 g/mol. The molecule has 0 unspecified atom stereocenters. The first-order valence-corrected chi connectivity index (χ1v) is 9.13. The van der Waals surface area contributed by atoms with Gasteiger partial charge in [-0.3, -0.25) is 9.69 Å². The number of carbonyl (C=O) groups excluding carboxylic acids is 1. The van der Waals surface area contributed by atoms with Crippen LogP contribution in [0.1, 0.15) is 25.7 Å². The minimum atomic E-state index is 0.151. The number of thiophene rings is 1. The summed E-state index contributed by atoms with van der Waals surface area (Å²) in [4.78, 5) is 18.9. The lowest BCUT2D eigenvalue weighted by Crippen LogP contribution is -2.48. The molecule has 1 aliphatic rings. The molecule has 4 nitrogen and oxygen atoms in total. The smallest absolute Gasteiger partial charge is 0.264 e. The van der Waals surface area contributed by atoms with Crippen LogP contribution in [0.4, 0.5) is 0 Å². The summed E-state index contributed by atoms with van der Waals surface area (Å²) in [6, 6.07) is 12.4. The Bertz CT molecular complexity index is 690. The Morgan fingerprint density at radius 2 is 1.88 bits per heavy atom. The number of methoxy groups -OCH3 is 1. The van der Waals surface area contributed by atoms with E-state index in [4.69, 9.17) is 4.74 Å². The molecule has 1 aromatic carbocycles. The van der Waals surface area contributed by atoms with Crippen LogP contribution in [0.2, 0.25) is 0 Å². The topological polar surface area (TPSA) is 32.8 Å². The average Bonchev–Trinajstić information content (AvgIpc) is 3.06. The molecule has 1 aliphatic heterocycles. The number of benzene rings is 1. The first kappa shape index (κ1) is 17.1. The lowest BCUT2D eigenvalue weighted by Gasteiger charge is -2.34. The van der Waals surface area contributed by atoms with Crippen LogP contribution in [0, 0.1) is 6.92 Å². The second kappa shape index (κ2) is 7.92. The highest BCUT2D eigenvalue weighted by Crippen LogP contribution is 2.20. The molecule has 0 aliphatic carbocycles. The molecule has 24 heavy (non-hydrogen) atoms. The van der Waals surface area contributed by atoms with Crippen LogP contribution < -0.4 is 0 Å². The van der Waals surface area contributed by atoms with Gasteiger partial charge in [0.2, 0.25) is 0 Å². The number of piperazine rings is 1. The van der Waals surface area contributed by atoms with E-state index < -0.39 is 0 Å². The van der Waals surface area contributed by atoms with E-state index in [2.05, 4.69) is 36.1 Å². The van der Waals surface area contributed by atoms with E-state index >= 15 is 0 Å². The number of hydrogen-bond donors (Lipinski definition) is 0. The highest BCUT2D eigenvalue weighted by atomic mass is 32.1. The molecule has 0 spiro atoms. The summed E-state index contributed by atoms with van der Waals surface area (Å²) < 4.78 is 5.13. The molecule has 1 saturated heterocycles. The van der Waals surface area contributed by atoms with Crippen LogP contribution in [0.25, 0.3) is 0 Å². The lowest BCUT2D eigenvalue weighted by atomic mass is 10.1. The van der Waals surface area contributed by atoms with Crippen molar-refractivity contribution in [2.24, 2.45) is 0 Å². The second-order valence-electron chi connectivity index (χ2n) is 6.19. The molecule has 1 fully saturated rings. The molecule has 128 valence electrons. The largest absolute Gasteiger partial charge is 0.379 e. The van der Waals surface area contributed by atoms with Gasteiger partial charge in [0.1, 0.15) is 0 Å². The van der Waals surface area contributed by atoms with Gasteiger partial charge in [0.05, 0.1) is 11.5 Å². The first-order valence-electron chi connectivity index (χ1n) is 8.31. The maximum atomic E-state index is 12.6. The highest BCUT2D eigenvalue weighted by Gasteiger charge is 2.23. The third-order valence-electron chi connectivity index (χ3n) is 4.47.